The minimum Gasteiger partial charge on any atom is -0.466 e. The first-order chi connectivity index (χ1) is 18.2. The van der Waals surface area contributed by atoms with Crippen molar-refractivity contribution in [3.63, 3.8) is 0 Å². The normalized spacial score (nSPS) is 12.0. The molecule has 0 amide bonds. The number of rotatable bonds is 30. The fourth-order valence-electron chi connectivity index (χ4n) is 5.37. The molecule has 0 spiro atoms. The van der Waals surface area contributed by atoms with Crippen molar-refractivity contribution in [1.82, 2.24) is 11.1 Å². The number of esters is 1. The van der Waals surface area contributed by atoms with Gasteiger partial charge in [-0.25, -0.2) is 0 Å². The van der Waals surface area contributed by atoms with E-state index in [9.17, 15) is 4.79 Å². The van der Waals surface area contributed by atoms with Crippen molar-refractivity contribution < 1.29 is 9.53 Å². The molecule has 0 aliphatic heterocycles. The Balaban J connectivity index is 0. The maximum atomic E-state index is 12.3. The van der Waals surface area contributed by atoms with Crippen molar-refractivity contribution >= 4 is 5.97 Å². The lowest BCUT2D eigenvalue weighted by Gasteiger charge is -2.27. The average molecular weight is 541 g/mol. The molecule has 0 aromatic rings. The van der Waals surface area contributed by atoms with Crippen LogP contribution in [-0.4, -0.2) is 37.1 Å². The van der Waals surface area contributed by atoms with Gasteiger partial charge in [-0.15, -0.1) is 0 Å². The Labute approximate surface area is 240 Å². The Morgan fingerprint density at radius 3 is 1.32 bits per heavy atom. The van der Waals surface area contributed by atoms with Crippen LogP contribution >= 0.6 is 0 Å². The predicted octanol–water partition coefficient (Wildman–Crippen LogP) is 11.2. The molecule has 0 fully saturated rings. The van der Waals surface area contributed by atoms with Crippen LogP contribution in [0, 0.1) is 0 Å². The molecule has 0 bridgehead atoms. The van der Waals surface area contributed by atoms with Gasteiger partial charge in [0.2, 0.25) is 0 Å². The summed E-state index contributed by atoms with van der Waals surface area (Å²) in [5, 5.41) is 0. The summed E-state index contributed by atoms with van der Waals surface area (Å²) in [7, 11) is 2.23. The Hall–Kier alpha value is -0.610. The highest BCUT2D eigenvalue weighted by molar-refractivity contribution is 5.70. The zero-order valence-corrected chi connectivity index (χ0v) is 26.8. The molecule has 0 aromatic carbocycles. The van der Waals surface area contributed by atoms with Gasteiger partial charge in [0.1, 0.15) is 0 Å². The molecule has 4 heteroatoms. The fourth-order valence-corrected chi connectivity index (χ4v) is 5.37. The second-order valence-corrected chi connectivity index (χ2v) is 11.8. The van der Waals surface area contributed by atoms with E-state index in [-0.39, 0.29) is 12.1 Å². The summed E-state index contributed by atoms with van der Waals surface area (Å²) in [5.74, 6) is -0.00327. The number of unbranched alkanes of at least 4 members (excludes halogenated alkanes) is 21. The molecule has 0 saturated carbocycles. The third-order valence-electron chi connectivity index (χ3n) is 8.00. The SMILES string of the molecule is CCCCCCCCCCCCCCCC(CC(=O)OCCC)N(C)CCCCCCCCCCCC.N. The van der Waals surface area contributed by atoms with Gasteiger partial charge in [-0.1, -0.05) is 162 Å². The smallest absolute Gasteiger partial charge is 0.307 e. The van der Waals surface area contributed by atoms with Gasteiger partial charge in [-0.3, -0.25) is 4.79 Å². The van der Waals surface area contributed by atoms with E-state index in [0.717, 1.165) is 19.4 Å². The topological polar surface area (TPSA) is 64.5 Å². The average Bonchev–Trinajstić information content (AvgIpc) is 2.90. The highest BCUT2D eigenvalue weighted by Gasteiger charge is 2.19. The molecule has 0 aliphatic rings. The number of hydrogen-bond acceptors (Lipinski definition) is 4. The Morgan fingerprint density at radius 1 is 0.553 bits per heavy atom. The van der Waals surface area contributed by atoms with Crippen molar-refractivity contribution in [3.05, 3.63) is 0 Å². The molecule has 0 radical (unpaired) electrons. The minimum atomic E-state index is -0.00327. The molecular weight excluding hydrogens is 468 g/mol. The van der Waals surface area contributed by atoms with Crippen molar-refractivity contribution in [2.45, 2.75) is 194 Å². The van der Waals surface area contributed by atoms with Crippen LogP contribution in [0.3, 0.4) is 0 Å². The van der Waals surface area contributed by atoms with Gasteiger partial charge in [0.25, 0.3) is 0 Å². The van der Waals surface area contributed by atoms with E-state index in [4.69, 9.17) is 4.74 Å². The van der Waals surface area contributed by atoms with Gasteiger partial charge >= 0.3 is 5.97 Å². The molecular formula is C34H72N2O2. The number of carbonyl (C=O) groups excluding carboxylic acids is 1. The summed E-state index contributed by atoms with van der Waals surface area (Å²) in [5.41, 5.74) is 0. The molecule has 4 nitrogen and oxygen atoms in total. The van der Waals surface area contributed by atoms with Crippen LogP contribution in [0.4, 0.5) is 0 Å². The second-order valence-electron chi connectivity index (χ2n) is 11.8. The molecule has 3 N–H and O–H groups in total. The van der Waals surface area contributed by atoms with E-state index < -0.39 is 0 Å². The molecule has 1 atom stereocenters. The summed E-state index contributed by atoms with van der Waals surface area (Å²) in [4.78, 5) is 14.8. The van der Waals surface area contributed by atoms with Gasteiger partial charge in [-0.05, 0) is 32.9 Å². The highest BCUT2D eigenvalue weighted by Crippen LogP contribution is 2.18. The molecule has 1 unspecified atom stereocenters. The molecule has 0 aliphatic carbocycles. The van der Waals surface area contributed by atoms with Crippen LogP contribution < -0.4 is 6.15 Å². The predicted molar refractivity (Wildman–Crippen MR) is 169 cm³/mol. The molecule has 0 heterocycles. The standard InChI is InChI=1S/C34H69NO2.H3N/c1-5-8-10-12-14-16-18-19-20-21-23-25-27-29-33(32-34(36)37-31-7-3)35(4)30-28-26-24-22-17-15-13-11-9-6-2;/h33H,5-32H2,1-4H3;1H3. The highest BCUT2D eigenvalue weighted by atomic mass is 16.5. The molecule has 38 heavy (non-hydrogen) atoms. The Bertz CT molecular complexity index is 458. The number of carbonyl (C=O) groups is 1. The molecule has 0 aromatic heterocycles. The molecule has 0 saturated heterocycles. The van der Waals surface area contributed by atoms with Crippen molar-refractivity contribution in [1.29, 1.82) is 0 Å². The van der Waals surface area contributed by atoms with Crippen LogP contribution in [-0.2, 0) is 9.53 Å². The van der Waals surface area contributed by atoms with Crippen molar-refractivity contribution in [3.8, 4) is 0 Å². The van der Waals surface area contributed by atoms with E-state index in [1.807, 2.05) is 0 Å². The lowest BCUT2D eigenvalue weighted by Crippen LogP contribution is -2.35. The van der Waals surface area contributed by atoms with Gasteiger partial charge in [0.15, 0.2) is 0 Å². The van der Waals surface area contributed by atoms with Crippen LogP contribution in [0.25, 0.3) is 0 Å². The number of hydrogen-bond donors (Lipinski definition) is 1. The molecule has 0 rings (SSSR count). The Kier molecular flexibility index (Phi) is 33.9. The van der Waals surface area contributed by atoms with Crippen molar-refractivity contribution in [2.24, 2.45) is 0 Å². The summed E-state index contributed by atoms with van der Waals surface area (Å²) >= 11 is 0. The first-order valence-corrected chi connectivity index (χ1v) is 17.0. The van der Waals surface area contributed by atoms with Crippen LogP contribution in [0.15, 0.2) is 0 Å². The van der Waals surface area contributed by atoms with Crippen LogP contribution in [0.5, 0.6) is 0 Å². The summed E-state index contributed by atoms with van der Waals surface area (Å²) in [6.45, 7) is 8.32. The van der Waals surface area contributed by atoms with E-state index in [1.54, 1.807) is 0 Å². The Morgan fingerprint density at radius 2 is 0.921 bits per heavy atom. The van der Waals surface area contributed by atoms with E-state index >= 15 is 0 Å². The van der Waals surface area contributed by atoms with Gasteiger partial charge < -0.3 is 15.8 Å². The molecule has 230 valence electrons. The second kappa shape index (κ2) is 32.6. The first-order valence-electron chi connectivity index (χ1n) is 17.0. The quantitative estimate of drug-likeness (QED) is 0.0726. The van der Waals surface area contributed by atoms with Gasteiger partial charge in [0.05, 0.1) is 13.0 Å². The fraction of sp³-hybridized carbons (Fsp3) is 0.971. The zero-order chi connectivity index (χ0) is 27.2. The summed E-state index contributed by atoms with van der Waals surface area (Å²) in [6.07, 6.45) is 34.4. The maximum absolute atomic E-state index is 12.3. The lowest BCUT2D eigenvalue weighted by atomic mass is 10.0. The van der Waals surface area contributed by atoms with Crippen LogP contribution in [0.1, 0.15) is 188 Å². The zero-order valence-electron chi connectivity index (χ0n) is 26.8. The monoisotopic (exact) mass is 541 g/mol. The summed E-state index contributed by atoms with van der Waals surface area (Å²) < 4.78 is 5.43. The lowest BCUT2D eigenvalue weighted by molar-refractivity contribution is -0.145. The minimum absolute atomic E-state index is 0. The van der Waals surface area contributed by atoms with E-state index in [2.05, 4.69) is 32.7 Å². The number of ether oxygens (including phenoxy) is 1. The van der Waals surface area contributed by atoms with Gasteiger partial charge in [-0.2, -0.15) is 0 Å². The number of nitrogens with zero attached hydrogens (tertiary/aromatic N) is 1. The van der Waals surface area contributed by atoms with Crippen molar-refractivity contribution in [2.75, 3.05) is 20.2 Å². The third-order valence-corrected chi connectivity index (χ3v) is 8.00. The first kappa shape index (κ1) is 39.5. The third kappa shape index (κ3) is 28.4. The maximum Gasteiger partial charge on any atom is 0.307 e. The van der Waals surface area contributed by atoms with Gasteiger partial charge in [0, 0.05) is 6.04 Å². The van der Waals surface area contributed by atoms with E-state index in [1.165, 1.54) is 148 Å². The largest absolute Gasteiger partial charge is 0.466 e. The van der Waals surface area contributed by atoms with Crippen LogP contribution in [0.2, 0.25) is 0 Å². The van der Waals surface area contributed by atoms with E-state index in [0.29, 0.717) is 19.1 Å². The summed E-state index contributed by atoms with van der Waals surface area (Å²) in [6, 6.07) is 0.343.